The molecular weight excluding hydrogens is 711 g/mol. The fourth-order valence-corrected chi connectivity index (χ4v) is 6.43. The summed E-state index contributed by atoms with van der Waals surface area (Å²) in [6, 6.07) is -0.649. The van der Waals surface area contributed by atoms with Gasteiger partial charge in [-0.1, -0.05) is 212 Å². The predicted octanol–water partition coefficient (Wildman–Crippen LogP) is 15.3. The molecule has 0 aliphatic rings. The summed E-state index contributed by atoms with van der Waals surface area (Å²) in [5.74, 6) is -0.0869. The standard InChI is InChI=1S/C54H89NO3/c1-3-5-7-9-11-13-14-15-16-17-18-19-20-21-22-23-24-25-26-27-28-29-30-31-32-33-34-35-36-37-38-39-40-42-44-46-48-50-54(58)55-52(51-56)53(57)49-47-45-43-41-12-10-8-6-4-2/h4-7,11-13,15-16,18-19,21-22,24-25,27-28,41,47,49,52-53,56-57H,3,8-10,14,17,20,23,26,29-40,42-46,48,50-51H2,1-2H3,(H,55,58)/b6-4+,7-5-,13-11-,16-15-,19-18-,22-21-,25-24-,28-27-,41-12+,49-47+. The monoisotopic (exact) mass is 800 g/mol. The number of carbonyl (C=O) groups is 1. The predicted molar refractivity (Wildman–Crippen MR) is 257 cm³/mol. The third kappa shape index (κ3) is 43.9. The van der Waals surface area contributed by atoms with Gasteiger partial charge in [-0.05, 0) is 96.8 Å². The Balaban J connectivity index is 3.53. The van der Waals surface area contributed by atoms with E-state index in [0.29, 0.717) is 6.42 Å². The first-order valence-electron chi connectivity index (χ1n) is 23.7. The molecule has 0 bridgehead atoms. The van der Waals surface area contributed by atoms with Crippen LogP contribution in [0.1, 0.15) is 194 Å². The number of carbonyl (C=O) groups excluding carboxylic acids is 1. The van der Waals surface area contributed by atoms with Gasteiger partial charge in [-0.25, -0.2) is 0 Å². The molecule has 328 valence electrons. The van der Waals surface area contributed by atoms with Crippen molar-refractivity contribution in [2.75, 3.05) is 6.61 Å². The molecule has 0 heterocycles. The van der Waals surface area contributed by atoms with Gasteiger partial charge in [0.25, 0.3) is 0 Å². The average Bonchev–Trinajstić information content (AvgIpc) is 3.23. The van der Waals surface area contributed by atoms with Crippen molar-refractivity contribution in [3.05, 3.63) is 122 Å². The number of unbranched alkanes of at least 4 members (excludes halogenated alkanes) is 17. The zero-order valence-corrected chi connectivity index (χ0v) is 37.5. The number of aliphatic hydroxyl groups is 2. The van der Waals surface area contributed by atoms with E-state index in [1.54, 1.807) is 6.08 Å². The Bertz CT molecular complexity index is 1180. The Morgan fingerprint density at radius 2 is 0.793 bits per heavy atom. The number of nitrogens with one attached hydrogen (secondary N) is 1. The van der Waals surface area contributed by atoms with Crippen LogP contribution in [0.3, 0.4) is 0 Å². The lowest BCUT2D eigenvalue weighted by molar-refractivity contribution is -0.123. The van der Waals surface area contributed by atoms with E-state index in [2.05, 4.69) is 122 Å². The van der Waals surface area contributed by atoms with Gasteiger partial charge in [0, 0.05) is 6.42 Å². The number of amides is 1. The van der Waals surface area contributed by atoms with Crippen LogP contribution in [0, 0.1) is 0 Å². The van der Waals surface area contributed by atoms with Gasteiger partial charge in [0.15, 0.2) is 0 Å². The quantitative estimate of drug-likeness (QED) is 0.0426. The summed E-state index contributed by atoms with van der Waals surface area (Å²) in [6.07, 6.45) is 75.0. The Hall–Kier alpha value is -3.21. The molecule has 0 saturated carbocycles. The summed E-state index contributed by atoms with van der Waals surface area (Å²) in [5.41, 5.74) is 0. The first kappa shape index (κ1) is 54.8. The number of allylic oxidation sites excluding steroid dienone is 19. The Kier molecular flexibility index (Phi) is 45.5. The average molecular weight is 800 g/mol. The molecular formula is C54H89NO3. The van der Waals surface area contributed by atoms with E-state index in [1.165, 1.54) is 89.9 Å². The lowest BCUT2D eigenvalue weighted by Crippen LogP contribution is -2.45. The Morgan fingerprint density at radius 1 is 0.448 bits per heavy atom. The lowest BCUT2D eigenvalue weighted by atomic mass is 10.0. The van der Waals surface area contributed by atoms with Crippen molar-refractivity contribution >= 4 is 5.91 Å². The molecule has 58 heavy (non-hydrogen) atoms. The van der Waals surface area contributed by atoms with E-state index in [1.807, 2.05) is 13.0 Å². The molecule has 0 fully saturated rings. The van der Waals surface area contributed by atoms with Crippen molar-refractivity contribution in [3.63, 3.8) is 0 Å². The van der Waals surface area contributed by atoms with E-state index in [4.69, 9.17) is 0 Å². The number of aliphatic hydroxyl groups excluding tert-OH is 2. The van der Waals surface area contributed by atoms with Gasteiger partial charge in [-0.2, -0.15) is 0 Å². The second-order valence-electron chi connectivity index (χ2n) is 15.4. The van der Waals surface area contributed by atoms with Gasteiger partial charge < -0.3 is 15.5 Å². The minimum absolute atomic E-state index is 0.0869. The summed E-state index contributed by atoms with van der Waals surface area (Å²) in [5, 5.41) is 22.8. The molecule has 0 aliphatic carbocycles. The van der Waals surface area contributed by atoms with Crippen molar-refractivity contribution in [2.24, 2.45) is 0 Å². The maximum atomic E-state index is 12.3. The highest BCUT2D eigenvalue weighted by Gasteiger charge is 2.17. The summed E-state index contributed by atoms with van der Waals surface area (Å²) in [4.78, 5) is 12.3. The fraction of sp³-hybridized carbons (Fsp3) is 0.611. The maximum Gasteiger partial charge on any atom is 0.220 e. The SMILES string of the molecule is C/C=C/CC/C=C/CC/C=C/C(O)C(CO)NC(=O)CCCCCCCCCCCCCCCCC/C=C\C/C=C\C/C=C\C/C=C\C/C=C\C/C=C\C/C=C\CC. The second kappa shape index (κ2) is 48.2. The summed E-state index contributed by atoms with van der Waals surface area (Å²) in [7, 11) is 0. The van der Waals surface area contributed by atoms with Crippen LogP contribution < -0.4 is 5.32 Å². The van der Waals surface area contributed by atoms with Crippen molar-refractivity contribution in [1.29, 1.82) is 0 Å². The van der Waals surface area contributed by atoms with Crippen molar-refractivity contribution in [3.8, 4) is 0 Å². The fourth-order valence-electron chi connectivity index (χ4n) is 6.43. The molecule has 0 aromatic heterocycles. The summed E-state index contributed by atoms with van der Waals surface area (Å²) >= 11 is 0. The molecule has 0 rings (SSSR count). The van der Waals surface area contributed by atoms with Crippen LogP contribution in [0.15, 0.2) is 122 Å². The van der Waals surface area contributed by atoms with Gasteiger partial charge in [0.2, 0.25) is 5.91 Å². The number of hydrogen-bond acceptors (Lipinski definition) is 3. The molecule has 0 aliphatic heterocycles. The molecule has 0 spiro atoms. The smallest absolute Gasteiger partial charge is 0.220 e. The maximum absolute atomic E-state index is 12.3. The van der Waals surface area contributed by atoms with Gasteiger partial charge in [0.05, 0.1) is 18.8 Å². The van der Waals surface area contributed by atoms with Crippen molar-refractivity contribution in [1.82, 2.24) is 5.32 Å². The largest absolute Gasteiger partial charge is 0.394 e. The Labute approximate surface area is 358 Å². The zero-order chi connectivity index (χ0) is 42.1. The third-order valence-corrected chi connectivity index (χ3v) is 10.0. The van der Waals surface area contributed by atoms with E-state index in [0.717, 1.165) is 83.5 Å². The molecule has 0 aromatic carbocycles. The highest BCUT2D eigenvalue weighted by Crippen LogP contribution is 2.14. The van der Waals surface area contributed by atoms with Gasteiger partial charge >= 0.3 is 0 Å². The molecule has 0 aromatic rings. The van der Waals surface area contributed by atoms with Gasteiger partial charge in [-0.15, -0.1) is 0 Å². The van der Waals surface area contributed by atoms with Crippen LogP contribution in [0.2, 0.25) is 0 Å². The lowest BCUT2D eigenvalue weighted by Gasteiger charge is -2.19. The van der Waals surface area contributed by atoms with Crippen LogP contribution >= 0.6 is 0 Å². The van der Waals surface area contributed by atoms with E-state index < -0.39 is 12.1 Å². The van der Waals surface area contributed by atoms with Crippen molar-refractivity contribution < 1.29 is 15.0 Å². The summed E-state index contributed by atoms with van der Waals surface area (Å²) in [6.45, 7) is 3.93. The minimum Gasteiger partial charge on any atom is -0.394 e. The van der Waals surface area contributed by atoms with Gasteiger partial charge in [0.1, 0.15) is 0 Å². The first-order chi connectivity index (χ1) is 28.7. The molecule has 0 saturated heterocycles. The molecule has 0 radical (unpaired) electrons. The van der Waals surface area contributed by atoms with E-state index in [-0.39, 0.29) is 12.5 Å². The van der Waals surface area contributed by atoms with Crippen molar-refractivity contribution in [2.45, 2.75) is 206 Å². The number of rotatable bonds is 41. The molecule has 4 nitrogen and oxygen atoms in total. The minimum atomic E-state index is -0.873. The molecule has 3 N–H and O–H groups in total. The van der Waals surface area contributed by atoms with Crippen LogP contribution in [0.4, 0.5) is 0 Å². The Morgan fingerprint density at radius 3 is 1.21 bits per heavy atom. The third-order valence-electron chi connectivity index (χ3n) is 10.0. The summed E-state index contributed by atoms with van der Waals surface area (Å²) < 4.78 is 0. The van der Waals surface area contributed by atoms with Crippen LogP contribution in [-0.4, -0.2) is 34.9 Å². The highest BCUT2D eigenvalue weighted by atomic mass is 16.3. The molecule has 4 heteroatoms. The molecule has 1 amide bonds. The van der Waals surface area contributed by atoms with E-state index >= 15 is 0 Å². The van der Waals surface area contributed by atoms with Crippen LogP contribution in [0.5, 0.6) is 0 Å². The first-order valence-corrected chi connectivity index (χ1v) is 23.7. The van der Waals surface area contributed by atoms with Gasteiger partial charge in [-0.3, -0.25) is 4.79 Å². The second-order valence-corrected chi connectivity index (χ2v) is 15.4. The van der Waals surface area contributed by atoms with Crippen LogP contribution in [-0.2, 0) is 4.79 Å². The van der Waals surface area contributed by atoms with Crippen LogP contribution in [0.25, 0.3) is 0 Å². The zero-order valence-electron chi connectivity index (χ0n) is 37.5. The topological polar surface area (TPSA) is 69.6 Å². The normalized spacial score (nSPS) is 14.1. The highest BCUT2D eigenvalue weighted by molar-refractivity contribution is 5.76. The molecule has 2 atom stereocenters. The molecule has 2 unspecified atom stereocenters. The number of hydrogen-bond donors (Lipinski definition) is 3. The van der Waals surface area contributed by atoms with E-state index in [9.17, 15) is 15.0 Å².